The van der Waals surface area contributed by atoms with Crippen LogP contribution in [-0.2, 0) is 6.54 Å². The van der Waals surface area contributed by atoms with Gasteiger partial charge in [0.05, 0.1) is 37.0 Å². The van der Waals surface area contributed by atoms with E-state index >= 15 is 0 Å². The zero-order chi connectivity index (χ0) is 13.0. The van der Waals surface area contributed by atoms with Crippen LogP contribution in [0.3, 0.4) is 0 Å². The van der Waals surface area contributed by atoms with Crippen LogP contribution in [0.4, 0.5) is 5.69 Å². The molecular formula is C12H13ClN2O2S. The minimum atomic E-state index is 0.546. The molecule has 1 aromatic heterocycles. The quantitative estimate of drug-likeness (QED) is 0.913. The largest absolute Gasteiger partial charge is 0.495 e. The van der Waals surface area contributed by atoms with Crippen LogP contribution >= 0.6 is 22.9 Å². The molecule has 0 amide bonds. The molecule has 0 radical (unpaired) electrons. The lowest BCUT2D eigenvalue weighted by atomic mass is 10.2. The normalized spacial score (nSPS) is 10.2. The maximum absolute atomic E-state index is 6.09. The van der Waals surface area contributed by atoms with Gasteiger partial charge in [-0.2, -0.15) is 0 Å². The molecule has 0 saturated heterocycles. The fourth-order valence-electron chi connectivity index (χ4n) is 1.51. The molecule has 0 atom stereocenters. The van der Waals surface area contributed by atoms with Crippen LogP contribution in [0.2, 0.25) is 5.02 Å². The first-order chi connectivity index (χ1) is 8.74. The van der Waals surface area contributed by atoms with Gasteiger partial charge in [-0.25, -0.2) is 0 Å². The molecule has 4 nitrogen and oxygen atoms in total. The van der Waals surface area contributed by atoms with Gasteiger partial charge in [0.25, 0.3) is 0 Å². The van der Waals surface area contributed by atoms with Crippen LogP contribution in [0.1, 0.15) is 4.88 Å². The predicted octanol–water partition coefficient (Wildman–Crippen LogP) is 3.43. The van der Waals surface area contributed by atoms with Gasteiger partial charge in [0.15, 0.2) is 0 Å². The second-order valence-electron chi connectivity index (χ2n) is 3.51. The Morgan fingerprint density at radius 1 is 1.28 bits per heavy atom. The van der Waals surface area contributed by atoms with E-state index in [9.17, 15) is 0 Å². The Morgan fingerprint density at radius 3 is 2.67 bits per heavy atom. The number of anilines is 1. The molecule has 2 aromatic rings. The molecule has 2 rings (SSSR count). The molecule has 0 spiro atoms. The van der Waals surface area contributed by atoms with E-state index in [1.54, 1.807) is 43.2 Å². The fraction of sp³-hybridized carbons (Fsp3) is 0.250. The summed E-state index contributed by atoms with van der Waals surface area (Å²) in [7, 11) is 3.19. The van der Waals surface area contributed by atoms with Crippen molar-refractivity contribution in [3.8, 4) is 11.5 Å². The molecule has 0 aliphatic heterocycles. The van der Waals surface area contributed by atoms with E-state index in [2.05, 4.69) is 10.3 Å². The molecule has 96 valence electrons. The van der Waals surface area contributed by atoms with E-state index in [1.807, 2.05) is 6.20 Å². The molecule has 1 N–H and O–H groups in total. The highest BCUT2D eigenvalue weighted by Gasteiger charge is 2.09. The van der Waals surface area contributed by atoms with E-state index in [4.69, 9.17) is 21.1 Å². The van der Waals surface area contributed by atoms with Crippen molar-refractivity contribution in [2.24, 2.45) is 0 Å². The first kappa shape index (κ1) is 13.0. The van der Waals surface area contributed by atoms with Gasteiger partial charge in [0, 0.05) is 17.1 Å². The van der Waals surface area contributed by atoms with Crippen LogP contribution in [-0.4, -0.2) is 19.2 Å². The summed E-state index contributed by atoms with van der Waals surface area (Å²) < 4.78 is 10.4. The van der Waals surface area contributed by atoms with Crippen molar-refractivity contribution >= 4 is 28.6 Å². The van der Waals surface area contributed by atoms with E-state index < -0.39 is 0 Å². The molecule has 1 heterocycles. The van der Waals surface area contributed by atoms with E-state index in [-0.39, 0.29) is 0 Å². The maximum atomic E-state index is 6.09. The van der Waals surface area contributed by atoms with Crippen LogP contribution in [0.25, 0.3) is 0 Å². The van der Waals surface area contributed by atoms with Gasteiger partial charge in [0.1, 0.15) is 11.5 Å². The average Bonchev–Trinajstić information content (AvgIpc) is 2.89. The highest BCUT2D eigenvalue weighted by atomic mass is 35.5. The van der Waals surface area contributed by atoms with Crippen molar-refractivity contribution in [2.45, 2.75) is 6.54 Å². The molecule has 0 fully saturated rings. The SMILES string of the molecule is COc1cc(OC)c(NCc2cncs2)cc1Cl. The van der Waals surface area contributed by atoms with Crippen molar-refractivity contribution in [1.82, 2.24) is 4.98 Å². The molecule has 0 saturated carbocycles. The van der Waals surface area contributed by atoms with Crippen molar-refractivity contribution in [3.05, 3.63) is 33.7 Å². The monoisotopic (exact) mass is 284 g/mol. The molecule has 18 heavy (non-hydrogen) atoms. The number of ether oxygens (including phenoxy) is 2. The lowest BCUT2D eigenvalue weighted by molar-refractivity contribution is 0.395. The Hall–Kier alpha value is -1.46. The van der Waals surface area contributed by atoms with E-state index in [0.29, 0.717) is 23.1 Å². The van der Waals surface area contributed by atoms with Gasteiger partial charge in [-0.15, -0.1) is 11.3 Å². The highest BCUT2D eigenvalue weighted by molar-refractivity contribution is 7.09. The Bertz CT molecular complexity index is 517. The maximum Gasteiger partial charge on any atom is 0.145 e. The van der Waals surface area contributed by atoms with Gasteiger partial charge < -0.3 is 14.8 Å². The van der Waals surface area contributed by atoms with Crippen molar-refractivity contribution in [3.63, 3.8) is 0 Å². The minimum absolute atomic E-state index is 0.546. The summed E-state index contributed by atoms with van der Waals surface area (Å²) in [6.07, 6.45) is 1.83. The lowest BCUT2D eigenvalue weighted by Gasteiger charge is -2.13. The number of rotatable bonds is 5. The van der Waals surface area contributed by atoms with Gasteiger partial charge >= 0.3 is 0 Å². The number of nitrogens with one attached hydrogen (secondary N) is 1. The third-order valence-corrected chi connectivity index (χ3v) is 3.49. The summed E-state index contributed by atoms with van der Waals surface area (Å²) in [6, 6.07) is 3.55. The standard InChI is InChI=1S/C12H13ClN2O2S/c1-16-11-4-12(17-2)10(3-9(11)13)15-6-8-5-14-7-18-8/h3-5,7,15H,6H2,1-2H3. The van der Waals surface area contributed by atoms with Crippen molar-refractivity contribution in [2.75, 3.05) is 19.5 Å². The third-order valence-electron chi connectivity index (χ3n) is 2.41. The summed E-state index contributed by atoms with van der Waals surface area (Å²) >= 11 is 7.68. The number of aromatic nitrogens is 1. The van der Waals surface area contributed by atoms with Gasteiger partial charge in [-0.1, -0.05) is 11.6 Å². The highest BCUT2D eigenvalue weighted by Crippen LogP contribution is 2.36. The third kappa shape index (κ3) is 2.86. The number of methoxy groups -OCH3 is 2. The van der Waals surface area contributed by atoms with Crippen molar-refractivity contribution in [1.29, 1.82) is 0 Å². The Balaban J connectivity index is 2.18. The molecule has 0 aliphatic rings. The number of thiazole rings is 1. The van der Waals surface area contributed by atoms with Crippen LogP contribution in [0, 0.1) is 0 Å². The van der Waals surface area contributed by atoms with E-state index in [1.165, 1.54) is 0 Å². The Morgan fingerprint density at radius 2 is 2.06 bits per heavy atom. The topological polar surface area (TPSA) is 43.4 Å². The van der Waals surface area contributed by atoms with Crippen LogP contribution < -0.4 is 14.8 Å². The number of hydrogen-bond donors (Lipinski definition) is 1. The van der Waals surface area contributed by atoms with E-state index in [0.717, 1.165) is 10.6 Å². The van der Waals surface area contributed by atoms with Gasteiger partial charge in [0.2, 0.25) is 0 Å². The summed E-state index contributed by atoms with van der Waals surface area (Å²) in [6.45, 7) is 0.684. The number of halogens is 1. The molecule has 1 aromatic carbocycles. The smallest absolute Gasteiger partial charge is 0.145 e. The molecule has 0 unspecified atom stereocenters. The summed E-state index contributed by atoms with van der Waals surface area (Å²) in [5.41, 5.74) is 2.63. The zero-order valence-corrected chi connectivity index (χ0v) is 11.6. The molecule has 0 aliphatic carbocycles. The molecular weight excluding hydrogens is 272 g/mol. The van der Waals surface area contributed by atoms with Gasteiger partial charge in [-0.05, 0) is 6.07 Å². The first-order valence-electron chi connectivity index (χ1n) is 5.27. The second kappa shape index (κ2) is 5.93. The van der Waals surface area contributed by atoms with Crippen LogP contribution in [0.5, 0.6) is 11.5 Å². The van der Waals surface area contributed by atoms with Crippen molar-refractivity contribution < 1.29 is 9.47 Å². The minimum Gasteiger partial charge on any atom is -0.495 e. The predicted molar refractivity (Wildman–Crippen MR) is 74.0 cm³/mol. The van der Waals surface area contributed by atoms with Crippen LogP contribution in [0.15, 0.2) is 23.8 Å². The fourth-order valence-corrected chi connectivity index (χ4v) is 2.29. The Labute approximate surface area is 115 Å². The number of nitrogens with zero attached hydrogens (tertiary/aromatic N) is 1. The number of benzene rings is 1. The summed E-state index contributed by atoms with van der Waals surface area (Å²) in [5, 5.41) is 3.81. The zero-order valence-electron chi connectivity index (χ0n) is 10.1. The Kier molecular flexibility index (Phi) is 4.28. The van der Waals surface area contributed by atoms with Gasteiger partial charge in [-0.3, -0.25) is 4.98 Å². The summed E-state index contributed by atoms with van der Waals surface area (Å²) in [4.78, 5) is 5.17. The molecule has 6 heteroatoms. The first-order valence-corrected chi connectivity index (χ1v) is 6.53. The second-order valence-corrected chi connectivity index (χ2v) is 4.89. The lowest BCUT2D eigenvalue weighted by Crippen LogP contribution is -2.00. The summed E-state index contributed by atoms with van der Waals surface area (Å²) in [5.74, 6) is 1.29. The average molecular weight is 285 g/mol. The number of hydrogen-bond acceptors (Lipinski definition) is 5. The molecule has 0 bridgehead atoms.